The Morgan fingerprint density at radius 1 is 1.28 bits per heavy atom. The fourth-order valence-corrected chi connectivity index (χ4v) is 3.67. The Kier molecular flexibility index (Phi) is 5.34. The summed E-state index contributed by atoms with van der Waals surface area (Å²) in [6.07, 6.45) is 1.57. The Balaban J connectivity index is 1.36. The predicted molar refractivity (Wildman–Crippen MR) is 107 cm³/mol. The number of hydrogen-bond acceptors (Lipinski definition) is 8. The summed E-state index contributed by atoms with van der Waals surface area (Å²) in [5.74, 6) is 8.71. The number of carbonyl (C=O) groups is 1. The van der Waals surface area contributed by atoms with Gasteiger partial charge in [-0.1, -0.05) is 17.8 Å². The number of thioether (sulfide) groups is 1. The molecule has 1 aromatic carbocycles. The van der Waals surface area contributed by atoms with Crippen molar-refractivity contribution < 1.29 is 18.7 Å². The lowest BCUT2D eigenvalue weighted by Gasteiger charge is -2.21. The Labute approximate surface area is 171 Å². The number of nitrogens with one attached hydrogen (secondary N) is 1. The zero-order valence-corrected chi connectivity index (χ0v) is 16.9. The van der Waals surface area contributed by atoms with E-state index in [1.165, 1.54) is 16.4 Å². The van der Waals surface area contributed by atoms with E-state index in [1.807, 2.05) is 32.0 Å². The van der Waals surface area contributed by atoms with Gasteiger partial charge in [0.2, 0.25) is 11.1 Å². The van der Waals surface area contributed by atoms with Crippen LogP contribution < -0.4 is 20.6 Å². The molecule has 3 N–H and O–H groups in total. The molecule has 0 aliphatic carbocycles. The number of nitrogens with zero attached hydrogens (tertiary/aromatic N) is 3. The first kappa shape index (κ1) is 19.2. The average molecular weight is 415 g/mol. The van der Waals surface area contributed by atoms with Crippen molar-refractivity contribution in [2.24, 2.45) is 0 Å². The van der Waals surface area contributed by atoms with E-state index < -0.39 is 0 Å². The summed E-state index contributed by atoms with van der Waals surface area (Å²) in [5, 5.41) is 11.6. The third-order valence-electron chi connectivity index (χ3n) is 4.54. The highest BCUT2D eigenvalue weighted by Crippen LogP contribution is 2.32. The van der Waals surface area contributed by atoms with E-state index in [4.69, 9.17) is 19.7 Å². The highest BCUT2D eigenvalue weighted by molar-refractivity contribution is 7.99. The Morgan fingerprint density at radius 3 is 2.83 bits per heavy atom. The number of carbonyl (C=O) groups excluding carboxylic acids is 1. The van der Waals surface area contributed by atoms with Gasteiger partial charge in [-0.15, -0.1) is 10.2 Å². The number of amides is 1. The molecule has 9 nitrogen and oxygen atoms in total. The predicted octanol–water partition coefficient (Wildman–Crippen LogP) is 2.30. The number of rotatable bonds is 6. The Morgan fingerprint density at radius 2 is 2.07 bits per heavy atom. The van der Waals surface area contributed by atoms with Gasteiger partial charge in [0.25, 0.3) is 0 Å². The van der Waals surface area contributed by atoms with Crippen LogP contribution in [-0.4, -0.2) is 39.7 Å². The van der Waals surface area contributed by atoms with Crippen LogP contribution in [0.2, 0.25) is 0 Å². The summed E-state index contributed by atoms with van der Waals surface area (Å²) in [6, 6.07) is 7.26. The van der Waals surface area contributed by atoms with Gasteiger partial charge in [0.1, 0.15) is 19.0 Å². The summed E-state index contributed by atoms with van der Waals surface area (Å²) in [6.45, 7) is 4.81. The summed E-state index contributed by atoms with van der Waals surface area (Å²) >= 11 is 1.22. The Bertz CT molecular complexity index is 1030. The second kappa shape index (κ2) is 8.08. The van der Waals surface area contributed by atoms with Crippen LogP contribution in [0, 0.1) is 6.92 Å². The van der Waals surface area contributed by atoms with Crippen molar-refractivity contribution in [1.29, 1.82) is 0 Å². The van der Waals surface area contributed by atoms with Crippen LogP contribution in [0.5, 0.6) is 11.5 Å². The molecule has 4 rings (SSSR count). The van der Waals surface area contributed by atoms with Crippen LogP contribution in [0.3, 0.4) is 0 Å². The van der Waals surface area contributed by atoms with E-state index in [0.29, 0.717) is 35.7 Å². The van der Waals surface area contributed by atoms with E-state index in [-0.39, 0.29) is 17.7 Å². The Hall–Kier alpha value is -3.14. The number of aromatic nitrogens is 3. The first-order valence-electron chi connectivity index (χ1n) is 9.09. The molecule has 2 aromatic heterocycles. The van der Waals surface area contributed by atoms with Crippen molar-refractivity contribution in [2.75, 3.05) is 24.8 Å². The fourth-order valence-electron chi connectivity index (χ4n) is 3.00. The molecule has 3 aromatic rings. The molecule has 1 amide bonds. The van der Waals surface area contributed by atoms with Gasteiger partial charge >= 0.3 is 0 Å². The molecule has 0 bridgehead atoms. The third-order valence-corrected chi connectivity index (χ3v) is 5.48. The molecule has 1 aliphatic rings. The highest BCUT2D eigenvalue weighted by Gasteiger charge is 2.18. The number of nitrogens with two attached hydrogens (primary N) is 1. The standard InChI is InChI=1S/C19H21N5O4S/c1-11(13-3-4-15-16(9-13)28-8-7-27-15)21-17(25)10-29-19-23-22-18(24(19)20)14-5-6-26-12(14)2/h3-6,9,11H,7-8,10,20H2,1-2H3,(H,21,25). The summed E-state index contributed by atoms with van der Waals surface area (Å²) in [4.78, 5) is 12.4. The van der Waals surface area contributed by atoms with Crippen molar-refractivity contribution in [3.63, 3.8) is 0 Å². The molecule has 1 unspecified atom stereocenters. The zero-order valence-electron chi connectivity index (χ0n) is 16.0. The first-order chi connectivity index (χ1) is 14.0. The first-order valence-corrected chi connectivity index (χ1v) is 10.1. The van der Waals surface area contributed by atoms with Gasteiger partial charge in [-0.25, -0.2) is 4.68 Å². The second-order valence-electron chi connectivity index (χ2n) is 6.55. The molecule has 0 saturated carbocycles. The quantitative estimate of drug-likeness (QED) is 0.465. The van der Waals surface area contributed by atoms with Gasteiger partial charge in [0.15, 0.2) is 17.3 Å². The van der Waals surface area contributed by atoms with Crippen molar-refractivity contribution in [3.05, 3.63) is 41.9 Å². The van der Waals surface area contributed by atoms with Gasteiger partial charge in [-0.05, 0) is 37.6 Å². The molecule has 29 heavy (non-hydrogen) atoms. The third kappa shape index (κ3) is 4.02. The molecule has 0 radical (unpaired) electrons. The van der Waals surface area contributed by atoms with Gasteiger partial charge in [-0.2, -0.15) is 0 Å². The normalized spacial score (nSPS) is 13.9. The summed E-state index contributed by atoms with van der Waals surface area (Å²) in [7, 11) is 0. The van der Waals surface area contributed by atoms with Crippen LogP contribution in [0.15, 0.2) is 40.1 Å². The molecule has 0 saturated heterocycles. The van der Waals surface area contributed by atoms with Crippen molar-refractivity contribution in [1.82, 2.24) is 20.2 Å². The minimum absolute atomic E-state index is 0.138. The van der Waals surface area contributed by atoms with E-state index in [0.717, 1.165) is 16.9 Å². The van der Waals surface area contributed by atoms with Crippen molar-refractivity contribution in [2.45, 2.75) is 25.0 Å². The van der Waals surface area contributed by atoms with Crippen molar-refractivity contribution >= 4 is 17.7 Å². The summed E-state index contributed by atoms with van der Waals surface area (Å²) < 4.78 is 17.8. The van der Waals surface area contributed by atoms with Crippen LogP contribution in [0.4, 0.5) is 0 Å². The SMILES string of the molecule is Cc1occc1-c1nnc(SCC(=O)NC(C)c2ccc3c(c2)OCCO3)n1N. The molecule has 1 aliphatic heterocycles. The smallest absolute Gasteiger partial charge is 0.230 e. The molecule has 152 valence electrons. The maximum Gasteiger partial charge on any atom is 0.230 e. The monoisotopic (exact) mass is 415 g/mol. The molecule has 3 heterocycles. The van der Waals surface area contributed by atoms with Crippen LogP contribution in [0.25, 0.3) is 11.4 Å². The molecular weight excluding hydrogens is 394 g/mol. The largest absolute Gasteiger partial charge is 0.486 e. The van der Waals surface area contributed by atoms with Crippen molar-refractivity contribution in [3.8, 4) is 22.9 Å². The van der Waals surface area contributed by atoms with Gasteiger partial charge in [-0.3, -0.25) is 4.79 Å². The maximum absolute atomic E-state index is 12.4. The number of hydrogen-bond donors (Lipinski definition) is 2. The number of furan rings is 1. The summed E-state index contributed by atoms with van der Waals surface area (Å²) in [5.41, 5.74) is 1.70. The van der Waals surface area contributed by atoms with E-state index >= 15 is 0 Å². The van der Waals surface area contributed by atoms with Gasteiger partial charge < -0.3 is 25.1 Å². The molecule has 10 heteroatoms. The molecule has 1 atom stereocenters. The number of ether oxygens (including phenoxy) is 2. The highest BCUT2D eigenvalue weighted by atomic mass is 32.2. The number of nitrogen functional groups attached to an aromatic ring is 1. The number of fused-ring (bicyclic) bond motifs is 1. The molecular formula is C19H21N5O4S. The minimum atomic E-state index is -0.182. The minimum Gasteiger partial charge on any atom is -0.486 e. The number of aryl methyl sites for hydroxylation is 1. The topological polar surface area (TPSA) is 117 Å². The lowest BCUT2D eigenvalue weighted by molar-refractivity contribution is -0.119. The zero-order chi connectivity index (χ0) is 20.4. The van der Waals surface area contributed by atoms with E-state index in [9.17, 15) is 4.79 Å². The van der Waals surface area contributed by atoms with E-state index in [1.54, 1.807) is 12.3 Å². The maximum atomic E-state index is 12.4. The average Bonchev–Trinajstić information content (AvgIpc) is 3.30. The van der Waals surface area contributed by atoms with Crippen LogP contribution in [0.1, 0.15) is 24.3 Å². The van der Waals surface area contributed by atoms with Gasteiger partial charge in [0.05, 0.1) is 23.6 Å². The molecule has 0 fully saturated rings. The lowest BCUT2D eigenvalue weighted by Crippen LogP contribution is -2.28. The van der Waals surface area contributed by atoms with Gasteiger partial charge in [0, 0.05) is 0 Å². The molecule has 0 spiro atoms. The fraction of sp³-hybridized carbons (Fsp3) is 0.316. The number of benzene rings is 1. The van der Waals surface area contributed by atoms with Crippen LogP contribution >= 0.6 is 11.8 Å². The van der Waals surface area contributed by atoms with E-state index in [2.05, 4.69) is 15.5 Å². The van der Waals surface area contributed by atoms with Crippen LogP contribution in [-0.2, 0) is 4.79 Å². The second-order valence-corrected chi connectivity index (χ2v) is 7.49. The lowest BCUT2D eigenvalue weighted by atomic mass is 10.1.